The average molecular weight is 336 g/mol. The first-order chi connectivity index (χ1) is 12.0. The number of aryl methyl sites for hydroxylation is 1. The maximum atomic E-state index is 14.4. The van der Waals surface area contributed by atoms with Crippen molar-refractivity contribution in [1.29, 1.82) is 0 Å². The van der Waals surface area contributed by atoms with Gasteiger partial charge < -0.3 is 11.1 Å². The number of aromatic nitrogens is 2. The number of pyridine rings is 2. The van der Waals surface area contributed by atoms with Gasteiger partial charge in [0.15, 0.2) is 0 Å². The van der Waals surface area contributed by atoms with E-state index in [0.717, 1.165) is 11.3 Å². The minimum Gasteiger partial charge on any atom is -0.397 e. The van der Waals surface area contributed by atoms with E-state index in [1.165, 1.54) is 12.3 Å². The van der Waals surface area contributed by atoms with Crippen LogP contribution in [0.3, 0.4) is 0 Å². The molecule has 1 amide bonds. The number of nitrogens with two attached hydrogens (primary N) is 1. The van der Waals surface area contributed by atoms with Gasteiger partial charge in [0, 0.05) is 17.5 Å². The van der Waals surface area contributed by atoms with E-state index >= 15 is 0 Å². The topological polar surface area (TPSA) is 80.9 Å². The first kappa shape index (κ1) is 16.6. The van der Waals surface area contributed by atoms with Crippen molar-refractivity contribution in [3.05, 3.63) is 71.9 Å². The van der Waals surface area contributed by atoms with Gasteiger partial charge in [-0.25, -0.2) is 9.37 Å². The highest BCUT2D eigenvalue weighted by Gasteiger charge is 2.10. The van der Waals surface area contributed by atoms with Gasteiger partial charge in [0.25, 0.3) is 0 Å². The van der Waals surface area contributed by atoms with E-state index in [-0.39, 0.29) is 18.1 Å². The van der Waals surface area contributed by atoms with Crippen LogP contribution in [0.1, 0.15) is 11.3 Å². The van der Waals surface area contributed by atoms with Crippen molar-refractivity contribution in [1.82, 2.24) is 9.97 Å². The lowest BCUT2D eigenvalue weighted by atomic mass is 10.0. The third-order valence-electron chi connectivity index (χ3n) is 3.66. The number of carbonyl (C=O) groups excluding carboxylic acids is 1. The van der Waals surface area contributed by atoms with Gasteiger partial charge in [0.2, 0.25) is 5.91 Å². The predicted molar refractivity (Wildman–Crippen MR) is 95.4 cm³/mol. The molecular weight excluding hydrogens is 319 g/mol. The Kier molecular flexibility index (Phi) is 4.70. The second-order valence-electron chi connectivity index (χ2n) is 5.70. The first-order valence-electron chi connectivity index (χ1n) is 7.74. The summed E-state index contributed by atoms with van der Waals surface area (Å²) in [6, 6.07) is 11.6. The molecule has 25 heavy (non-hydrogen) atoms. The summed E-state index contributed by atoms with van der Waals surface area (Å²) in [4.78, 5) is 20.2. The zero-order valence-corrected chi connectivity index (χ0v) is 13.7. The number of halogens is 1. The molecule has 0 spiro atoms. The van der Waals surface area contributed by atoms with Crippen LogP contribution in [0.5, 0.6) is 0 Å². The number of amides is 1. The summed E-state index contributed by atoms with van der Waals surface area (Å²) in [6.45, 7) is 1.85. The lowest BCUT2D eigenvalue weighted by molar-refractivity contribution is -0.115. The molecule has 0 fully saturated rings. The van der Waals surface area contributed by atoms with Crippen molar-refractivity contribution in [3.63, 3.8) is 0 Å². The maximum Gasteiger partial charge on any atom is 0.229 e. The number of hydrogen-bond donors (Lipinski definition) is 2. The minimum absolute atomic E-state index is 0.0542. The molecule has 0 bridgehead atoms. The zero-order chi connectivity index (χ0) is 17.8. The minimum atomic E-state index is -0.374. The quantitative estimate of drug-likeness (QED) is 0.765. The van der Waals surface area contributed by atoms with Crippen molar-refractivity contribution in [2.45, 2.75) is 13.3 Å². The average Bonchev–Trinajstić information content (AvgIpc) is 2.57. The Morgan fingerprint density at radius 1 is 1.16 bits per heavy atom. The van der Waals surface area contributed by atoms with Crippen LogP contribution >= 0.6 is 0 Å². The van der Waals surface area contributed by atoms with Gasteiger partial charge >= 0.3 is 0 Å². The normalized spacial score (nSPS) is 10.5. The smallest absolute Gasteiger partial charge is 0.229 e. The number of benzene rings is 1. The Labute approximate surface area is 144 Å². The van der Waals surface area contributed by atoms with Crippen LogP contribution in [-0.4, -0.2) is 15.9 Å². The van der Waals surface area contributed by atoms with Crippen LogP contribution in [0, 0.1) is 12.7 Å². The molecule has 2 heterocycles. The molecule has 0 aliphatic carbocycles. The standard InChI is InChI=1S/C19H17FN4O/c1-12-8-14(6-7-22-12)16-4-2-13(9-17(16)20)10-19(25)24-18-5-3-15(21)11-23-18/h2-9,11H,10,21H2,1H3,(H,23,24,25). The van der Waals surface area contributed by atoms with E-state index in [9.17, 15) is 9.18 Å². The summed E-state index contributed by atoms with van der Waals surface area (Å²) in [7, 11) is 0. The maximum absolute atomic E-state index is 14.4. The molecule has 0 saturated carbocycles. The van der Waals surface area contributed by atoms with Gasteiger partial charge in [-0.1, -0.05) is 12.1 Å². The van der Waals surface area contributed by atoms with Crippen LogP contribution in [-0.2, 0) is 11.2 Å². The van der Waals surface area contributed by atoms with Gasteiger partial charge in [0.1, 0.15) is 11.6 Å². The molecule has 1 aromatic carbocycles. The third kappa shape index (κ3) is 4.17. The van der Waals surface area contributed by atoms with Crippen molar-refractivity contribution >= 4 is 17.4 Å². The highest BCUT2D eigenvalue weighted by Crippen LogP contribution is 2.24. The predicted octanol–water partition coefficient (Wildman–Crippen LogP) is 3.35. The Morgan fingerprint density at radius 3 is 2.68 bits per heavy atom. The zero-order valence-electron chi connectivity index (χ0n) is 13.7. The van der Waals surface area contributed by atoms with Crippen LogP contribution in [0.25, 0.3) is 11.1 Å². The summed E-state index contributed by atoms with van der Waals surface area (Å²) in [6.07, 6.45) is 3.16. The summed E-state index contributed by atoms with van der Waals surface area (Å²) in [5, 5.41) is 2.65. The Morgan fingerprint density at radius 2 is 2.00 bits per heavy atom. The largest absolute Gasteiger partial charge is 0.397 e. The van der Waals surface area contributed by atoms with Crippen molar-refractivity contribution < 1.29 is 9.18 Å². The fraction of sp³-hybridized carbons (Fsp3) is 0.105. The van der Waals surface area contributed by atoms with Crippen LogP contribution in [0.2, 0.25) is 0 Å². The lowest BCUT2D eigenvalue weighted by Crippen LogP contribution is -2.15. The molecule has 6 heteroatoms. The molecular formula is C19H17FN4O. The van der Waals surface area contributed by atoms with Gasteiger partial charge in [-0.2, -0.15) is 0 Å². The third-order valence-corrected chi connectivity index (χ3v) is 3.66. The molecule has 3 aromatic rings. The Hall–Kier alpha value is -3.28. The fourth-order valence-corrected chi connectivity index (χ4v) is 2.47. The summed E-state index contributed by atoms with van der Waals surface area (Å²) in [5.74, 6) is -0.241. The van der Waals surface area contributed by atoms with Gasteiger partial charge in [-0.05, 0) is 48.4 Å². The van der Waals surface area contributed by atoms with Crippen molar-refractivity contribution in [3.8, 4) is 11.1 Å². The Bertz CT molecular complexity index is 910. The Balaban J connectivity index is 1.72. The highest BCUT2D eigenvalue weighted by atomic mass is 19.1. The second-order valence-corrected chi connectivity index (χ2v) is 5.70. The molecule has 3 rings (SSSR count). The molecule has 126 valence electrons. The summed E-state index contributed by atoms with van der Waals surface area (Å²) < 4.78 is 14.4. The van der Waals surface area contributed by atoms with Crippen LogP contribution < -0.4 is 11.1 Å². The number of anilines is 2. The molecule has 0 atom stereocenters. The number of nitrogens with one attached hydrogen (secondary N) is 1. The summed E-state index contributed by atoms with van der Waals surface area (Å²) in [5.41, 5.74) is 8.70. The summed E-state index contributed by atoms with van der Waals surface area (Å²) >= 11 is 0. The van der Waals surface area contributed by atoms with E-state index in [4.69, 9.17) is 5.73 Å². The number of nitrogens with zero attached hydrogens (tertiary/aromatic N) is 2. The van der Waals surface area contributed by atoms with Crippen LogP contribution in [0.4, 0.5) is 15.9 Å². The van der Waals surface area contributed by atoms with Gasteiger partial charge in [-0.3, -0.25) is 9.78 Å². The number of rotatable bonds is 4. The van der Waals surface area contributed by atoms with Gasteiger partial charge in [-0.15, -0.1) is 0 Å². The van der Waals surface area contributed by atoms with E-state index in [1.807, 2.05) is 13.0 Å². The molecule has 5 nitrogen and oxygen atoms in total. The van der Waals surface area contributed by atoms with E-state index in [2.05, 4.69) is 15.3 Å². The molecule has 0 radical (unpaired) electrons. The highest BCUT2D eigenvalue weighted by molar-refractivity contribution is 5.91. The molecule has 0 aliphatic rings. The lowest BCUT2D eigenvalue weighted by Gasteiger charge is -2.08. The molecule has 0 unspecified atom stereocenters. The molecule has 0 saturated heterocycles. The first-order valence-corrected chi connectivity index (χ1v) is 7.74. The SMILES string of the molecule is Cc1cc(-c2ccc(CC(=O)Nc3ccc(N)cn3)cc2F)ccn1. The van der Waals surface area contributed by atoms with E-state index in [0.29, 0.717) is 22.6 Å². The van der Waals surface area contributed by atoms with Crippen molar-refractivity contribution in [2.75, 3.05) is 11.1 Å². The number of nitrogen functional groups attached to an aromatic ring is 1. The van der Waals surface area contributed by atoms with Crippen LogP contribution in [0.15, 0.2) is 54.9 Å². The number of carbonyl (C=O) groups is 1. The second kappa shape index (κ2) is 7.09. The molecule has 2 aromatic heterocycles. The number of hydrogen-bond acceptors (Lipinski definition) is 4. The monoisotopic (exact) mass is 336 g/mol. The fourth-order valence-electron chi connectivity index (χ4n) is 2.47. The van der Waals surface area contributed by atoms with E-state index < -0.39 is 0 Å². The molecule has 0 aliphatic heterocycles. The van der Waals surface area contributed by atoms with Crippen molar-refractivity contribution in [2.24, 2.45) is 0 Å². The molecule has 3 N–H and O–H groups in total. The van der Waals surface area contributed by atoms with E-state index in [1.54, 1.807) is 36.5 Å². The van der Waals surface area contributed by atoms with Gasteiger partial charge in [0.05, 0.1) is 18.3 Å².